The number of anilines is 1. The van der Waals surface area contributed by atoms with E-state index in [1.165, 1.54) is 16.4 Å². The smallest absolute Gasteiger partial charge is 0.227 e. The lowest BCUT2D eigenvalue weighted by atomic mass is 9.99. The molecule has 0 aliphatic carbocycles. The van der Waals surface area contributed by atoms with Crippen LogP contribution in [-0.4, -0.2) is 34.7 Å². The highest BCUT2D eigenvalue weighted by Gasteiger charge is 2.22. The molecule has 4 rings (SSSR count). The first-order chi connectivity index (χ1) is 15.5. The minimum atomic E-state index is -0.240. The Morgan fingerprint density at radius 2 is 1.94 bits per heavy atom. The molecule has 0 bridgehead atoms. The van der Waals surface area contributed by atoms with Crippen molar-refractivity contribution in [2.24, 2.45) is 13.0 Å². The molecule has 2 heterocycles. The SMILES string of the molecule is Cn1nccc1C(=O)c1ccc(Sc2cccc(NC(=O)C3CCOCC3)c2)cc1C#N. The van der Waals surface area contributed by atoms with Gasteiger partial charge in [-0.3, -0.25) is 14.3 Å². The summed E-state index contributed by atoms with van der Waals surface area (Å²) >= 11 is 1.46. The zero-order chi connectivity index (χ0) is 22.5. The lowest BCUT2D eigenvalue weighted by Crippen LogP contribution is -2.28. The van der Waals surface area contributed by atoms with Crippen molar-refractivity contribution in [1.29, 1.82) is 5.26 Å². The van der Waals surface area contributed by atoms with Crippen molar-refractivity contribution >= 4 is 29.1 Å². The summed E-state index contributed by atoms with van der Waals surface area (Å²) < 4.78 is 6.82. The van der Waals surface area contributed by atoms with Crippen LogP contribution in [0, 0.1) is 17.2 Å². The largest absolute Gasteiger partial charge is 0.381 e. The summed E-state index contributed by atoms with van der Waals surface area (Å²) in [5.41, 5.74) is 1.81. The van der Waals surface area contributed by atoms with Crippen molar-refractivity contribution in [3.63, 3.8) is 0 Å². The second kappa shape index (κ2) is 9.81. The van der Waals surface area contributed by atoms with Crippen molar-refractivity contribution < 1.29 is 14.3 Å². The van der Waals surface area contributed by atoms with Crippen LogP contribution in [0.5, 0.6) is 0 Å². The van der Waals surface area contributed by atoms with Gasteiger partial charge in [-0.1, -0.05) is 17.8 Å². The van der Waals surface area contributed by atoms with Crippen LogP contribution in [0.1, 0.15) is 34.5 Å². The van der Waals surface area contributed by atoms with E-state index in [9.17, 15) is 14.9 Å². The summed E-state index contributed by atoms with van der Waals surface area (Å²) in [5, 5.41) is 16.6. The van der Waals surface area contributed by atoms with Crippen LogP contribution in [0.3, 0.4) is 0 Å². The molecule has 0 radical (unpaired) electrons. The number of nitriles is 1. The summed E-state index contributed by atoms with van der Waals surface area (Å²) in [6, 6.07) is 16.5. The van der Waals surface area contributed by atoms with Gasteiger partial charge in [-0.2, -0.15) is 10.4 Å². The van der Waals surface area contributed by atoms with Crippen LogP contribution in [-0.2, 0) is 16.6 Å². The third kappa shape index (κ3) is 4.90. The van der Waals surface area contributed by atoms with Crippen molar-refractivity contribution in [3.05, 3.63) is 71.5 Å². The molecule has 0 unspecified atom stereocenters. The first-order valence-corrected chi connectivity index (χ1v) is 11.1. The van der Waals surface area contributed by atoms with Gasteiger partial charge >= 0.3 is 0 Å². The summed E-state index contributed by atoms with van der Waals surface area (Å²) in [4.78, 5) is 27.0. The van der Waals surface area contributed by atoms with Crippen LogP contribution in [0.4, 0.5) is 5.69 Å². The third-order valence-electron chi connectivity index (χ3n) is 5.34. The van der Waals surface area contributed by atoms with E-state index in [4.69, 9.17) is 4.74 Å². The Bertz CT molecular complexity index is 1190. The molecule has 1 aromatic heterocycles. The predicted molar refractivity (Wildman–Crippen MR) is 121 cm³/mol. The molecule has 2 aromatic carbocycles. The average molecular weight is 447 g/mol. The first-order valence-electron chi connectivity index (χ1n) is 10.3. The van der Waals surface area contributed by atoms with Crippen LogP contribution >= 0.6 is 11.8 Å². The van der Waals surface area contributed by atoms with E-state index in [1.54, 1.807) is 31.4 Å². The van der Waals surface area contributed by atoms with Crippen molar-refractivity contribution in [3.8, 4) is 6.07 Å². The highest BCUT2D eigenvalue weighted by atomic mass is 32.2. The van der Waals surface area contributed by atoms with Gasteiger partial charge in [0.1, 0.15) is 5.69 Å². The quantitative estimate of drug-likeness (QED) is 0.574. The first kappa shape index (κ1) is 21.8. The molecule has 0 spiro atoms. The molecule has 1 saturated heterocycles. The summed E-state index contributed by atoms with van der Waals surface area (Å²) in [6.07, 6.45) is 3.03. The second-order valence-corrected chi connectivity index (χ2v) is 8.64. The van der Waals surface area contributed by atoms with Crippen LogP contribution in [0.25, 0.3) is 0 Å². The van der Waals surface area contributed by atoms with Gasteiger partial charge in [0.2, 0.25) is 11.7 Å². The Labute approximate surface area is 190 Å². The fourth-order valence-corrected chi connectivity index (χ4v) is 4.51. The van der Waals surface area contributed by atoms with E-state index in [0.29, 0.717) is 30.0 Å². The molecule has 7 nitrogen and oxygen atoms in total. The highest BCUT2D eigenvalue weighted by Crippen LogP contribution is 2.31. The lowest BCUT2D eigenvalue weighted by Gasteiger charge is -2.21. The fourth-order valence-electron chi connectivity index (χ4n) is 3.59. The predicted octanol–water partition coefficient (Wildman–Crippen LogP) is 4.04. The molecule has 32 heavy (non-hydrogen) atoms. The lowest BCUT2D eigenvalue weighted by molar-refractivity contribution is -0.122. The molecule has 1 fully saturated rings. The summed E-state index contributed by atoms with van der Waals surface area (Å²) in [7, 11) is 1.69. The number of rotatable bonds is 6. The van der Waals surface area contributed by atoms with Gasteiger partial charge in [0.05, 0.1) is 11.6 Å². The molecule has 0 saturated carbocycles. The van der Waals surface area contributed by atoms with Gasteiger partial charge in [0, 0.05) is 53.4 Å². The van der Waals surface area contributed by atoms with E-state index >= 15 is 0 Å². The Hall–Kier alpha value is -3.41. The minimum absolute atomic E-state index is 0.0141. The van der Waals surface area contributed by atoms with Crippen LogP contribution in [0.15, 0.2) is 64.5 Å². The number of benzene rings is 2. The highest BCUT2D eigenvalue weighted by molar-refractivity contribution is 7.99. The standard InChI is InChI=1S/C24H22N4O3S/c1-28-22(7-10-26-28)23(29)21-6-5-20(13-17(21)15-25)32-19-4-2-3-18(14-19)27-24(30)16-8-11-31-12-9-16/h2-7,10,13-14,16H,8-9,11-12H2,1H3,(H,27,30). The number of ether oxygens (including phenoxy) is 1. The molecular formula is C24H22N4O3S. The molecule has 162 valence electrons. The molecule has 8 heteroatoms. The maximum absolute atomic E-state index is 12.8. The molecule has 3 aromatic rings. The number of aromatic nitrogens is 2. The van der Waals surface area contributed by atoms with E-state index in [2.05, 4.69) is 16.5 Å². The molecule has 1 aliphatic heterocycles. The van der Waals surface area contributed by atoms with Gasteiger partial charge in [0.15, 0.2) is 0 Å². The maximum Gasteiger partial charge on any atom is 0.227 e. The van der Waals surface area contributed by atoms with Gasteiger partial charge in [-0.15, -0.1) is 0 Å². The Morgan fingerprint density at radius 3 is 2.66 bits per heavy atom. The van der Waals surface area contributed by atoms with E-state index in [-0.39, 0.29) is 17.6 Å². The minimum Gasteiger partial charge on any atom is -0.381 e. The number of hydrogen-bond acceptors (Lipinski definition) is 6. The second-order valence-electron chi connectivity index (χ2n) is 7.49. The zero-order valence-electron chi connectivity index (χ0n) is 17.6. The summed E-state index contributed by atoms with van der Waals surface area (Å²) in [5.74, 6) is -0.251. The number of carbonyl (C=O) groups excluding carboxylic acids is 2. The van der Waals surface area contributed by atoms with Gasteiger partial charge in [-0.05, 0) is 55.3 Å². The van der Waals surface area contributed by atoms with Crippen molar-refractivity contribution in [2.75, 3.05) is 18.5 Å². The third-order valence-corrected chi connectivity index (χ3v) is 6.32. The van der Waals surface area contributed by atoms with Crippen molar-refractivity contribution in [1.82, 2.24) is 9.78 Å². The Kier molecular flexibility index (Phi) is 6.69. The molecule has 1 aliphatic rings. The summed E-state index contributed by atoms with van der Waals surface area (Å²) in [6.45, 7) is 1.24. The van der Waals surface area contributed by atoms with Crippen LogP contribution in [0.2, 0.25) is 0 Å². The normalized spacial score (nSPS) is 14.0. The Morgan fingerprint density at radius 1 is 1.16 bits per heavy atom. The molecule has 0 atom stereocenters. The van der Waals surface area contributed by atoms with E-state index < -0.39 is 0 Å². The van der Waals surface area contributed by atoms with Crippen LogP contribution < -0.4 is 5.32 Å². The van der Waals surface area contributed by atoms with Crippen molar-refractivity contribution in [2.45, 2.75) is 22.6 Å². The number of nitrogens with zero attached hydrogens (tertiary/aromatic N) is 3. The fraction of sp³-hybridized carbons (Fsp3) is 0.250. The number of amides is 1. The number of nitrogens with one attached hydrogen (secondary N) is 1. The van der Waals surface area contributed by atoms with Gasteiger partial charge in [-0.25, -0.2) is 0 Å². The molecular weight excluding hydrogens is 424 g/mol. The zero-order valence-corrected chi connectivity index (χ0v) is 18.4. The number of aryl methyl sites for hydroxylation is 1. The molecule has 1 amide bonds. The van der Waals surface area contributed by atoms with E-state index in [1.807, 2.05) is 30.3 Å². The van der Waals surface area contributed by atoms with Gasteiger partial charge < -0.3 is 10.1 Å². The molecule has 1 N–H and O–H groups in total. The topological polar surface area (TPSA) is 97.0 Å². The monoisotopic (exact) mass is 446 g/mol. The average Bonchev–Trinajstić information content (AvgIpc) is 3.25. The van der Waals surface area contributed by atoms with E-state index in [0.717, 1.165) is 28.3 Å². The maximum atomic E-state index is 12.8. The number of hydrogen-bond donors (Lipinski definition) is 1. The Balaban J connectivity index is 1.49. The number of carbonyl (C=O) groups is 2. The number of ketones is 1. The van der Waals surface area contributed by atoms with Gasteiger partial charge in [0.25, 0.3) is 0 Å².